The van der Waals surface area contributed by atoms with Crippen molar-refractivity contribution in [2.75, 3.05) is 11.9 Å². The molecule has 0 unspecified atom stereocenters. The average molecular weight is 341 g/mol. The number of aryl methyl sites for hydroxylation is 1. The van der Waals surface area contributed by atoms with Crippen molar-refractivity contribution in [3.63, 3.8) is 0 Å². The number of benzene rings is 1. The average Bonchev–Trinajstić information content (AvgIpc) is 3.13. The van der Waals surface area contributed by atoms with Gasteiger partial charge in [-0.1, -0.05) is 12.1 Å². The molecular weight excluding hydrogens is 317 g/mol. The third-order valence-electron chi connectivity index (χ3n) is 4.25. The number of aromatic nitrogens is 4. The summed E-state index contributed by atoms with van der Waals surface area (Å²) >= 11 is 0. The lowest BCUT2D eigenvalue weighted by atomic mass is 10.0. The highest BCUT2D eigenvalue weighted by atomic mass is 19.1. The Bertz CT molecular complexity index is 991. The van der Waals surface area contributed by atoms with Crippen molar-refractivity contribution in [1.82, 2.24) is 19.7 Å². The van der Waals surface area contributed by atoms with E-state index in [-0.39, 0.29) is 9.40 Å². The number of hydrogen-bond donors (Lipinski definition) is 1. The predicted octanol–water partition coefficient (Wildman–Crippen LogP) is 4.00. The van der Waals surface area contributed by atoms with Crippen LogP contribution in [-0.2, 0) is 13.5 Å². The summed E-state index contributed by atoms with van der Waals surface area (Å²) in [6.07, 6.45) is 6.76. The number of nitrogens with one attached hydrogen (secondary N) is 1. The van der Waals surface area contributed by atoms with Crippen LogP contribution in [0.5, 0.6) is 0 Å². The van der Waals surface area contributed by atoms with Crippen molar-refractivity contribution in [2.24, 2.45) is 7.05 Å². The topological polar surface area (TPSA) is 55.6 Å². The summed E-state index contributed by atoms with van der Waals surface area (Å²) in [5, 5.41) is 8.49. The Hall–Kier alpha value is -2.76. The molecule has 5 nitrogen and oxygen atoms in total. The summed E-state index contributed by atoms with van der Waals surface area (Å²) in [7, 11) is 1.92. The molecule has 1 N–H and O–H groups in total. The van der Waals surface area contributed by atoms with E-state index < -0.39 is 5.67 Å². The second-order valence-corrected chi connectivity index (χ2v) is 7.02. The molecule has 2 heterocycles. The summed E-state index contributed by atoms with van der Waals surface area (Å²) in [6, 6.07) is 6.25. The minimum absolute atomic E-state index is 0. The third-order valence-corrected chi connectivity index (χ3v) is 4.25. The molecule has 25 heavy (non-hydrogen) atoms. The van der Waals surface area contributed by atoms with E-state index in [2.05, 4.69) is 38.6 Å². The van der Waals surface area contributed by atoms with Crippen molar-refractivity contribution in [3.8, 4) is 0 Å². The van der Waals surface area contributed by atoms with Gasteiger partial charge in [-0.05, 0) is 37.1 Å². The number of hydrogen-bond acceptors (Lipinski definition) is 4. The van der Waals surface area contributed by atoms with E-state index in [1.54, 1.807) is 0 Å². The lowest BCUT2D eigenvalue weighted by Crippen LogP contribution is -2.25. The highest BCUT2D eigenvalue weighted by Gasteiger charge is 2.20. The van der Waals surface area contributed by atoms with Crippen LogP contribution in [-0.4, -0.2) is 32.0 Å². The zero-order chi connectivity index (χ0) is 17.6. The van der Waals surface area contributed by atoms with E-state index >= 15 is 0 Å². The first-order valence-electron chi connectivity index (χ1n) is 8.32. The standard InChI is InChI=1S/C19H20FN5.2H2/c1-19(2,20)11-22-18-21-9-15-14(5-7-17(15)23-18)12-4-6-16-13(8-12)10-25(3)24-16;;/h4-6,8-10H,7,11H2,1-3H3,(H,21,22,23);2*1H. The molecular formula is C19H24FN5. The summed E-state index contributed by atoms with van der Waals surface area (Å²) in [4.78, 5) is 8.89. The van der Waals surface area contributed by atoms with Gasteiger partial charge in [-0.15, -0.1) is 0 Å². The first-order chi connectivity index (χ1) is 11.9. The number of fused-ring (bicyclic) bond motifs is 2. The van der Waals surface area contributed by atoms with Gasteiger partial charge >= 0.3 is 0 Å². The van der Waals surface area contributed by atoms with Crippen LogP contribution in [0.2, 0.25) is 0 Å². The molecule has 1 aromatic carbocycles. The highest BCUT2D eigenvalue weighted by Crippen LogP contribution is 2.33. The normalized spacial score (nSPS) is 13.8. The van der Waals surface area contributed by atoms with Crippen LogP contribution in [0.25, 0.3) is 16.5 Å². The molecule has 0 atom stereocenters. The molecule has 0 amide bonds. The van der Waals surface area contributed by atoms with Gasteiger partial charge in [-0.25, -0.2) is 14.4 Å². The van der Waals surface area contributed by atoms with Gasteiger partial charge in [0.25, 0.3) is 0 Å². The van der Waals surface area contributed by atoms with Crippen molar-refractivity contribution in [1.29, 1.82) is 0 Å². The monoisotopic (exact) mass is 341 g/mol. The maximum absolute atomic E-state index is 13.6. The van der Waals surface area contributed by atoms with Crippen molar-refractivity contribution >= 4 is 22.4 Å². The molecule has 132 valence electrons. The molecule has 4 rings (SSSR count). The summed E-state index contributed by atoms with van der Waals surface area (Å²) in [6.45, 7) is 3.24. The molecule has 0 bridgehead atoms. The van der Waals surface area contributed by atoms with Crippen molar-refractivity contribution in [3.05, 3.63) is 53.5 Å². The summed E-state index contributed by atoms with van der Waals surface area (Å²) in [5.41, 5.74) is 3.95. The van der Waals surface area contributed by atoms with Gasteiger partial charge in [0.05, 0.1) is 17.8 Å². The lowest BCUT2D eigenvalue weighted by molar-refractivity contribution is 0.234. The Kier molecular flexibility index (Phi) is 3.56. The highest BCUT2D eigenvalue weighted by molar-refractivity contribution is 5.89. The fourth-order valence-electron chi connectivity index (χ4n) is 3.07. The Morgan fingerprint density at radius 2 is 2.20 bits per heavy atom. The Morgan fingerprint density at radius 1 is 1.36 bits per heavy atom. The molecule has 0 saturated heterocycles. The van der Waals surface area contributed by atoms with Crippen LogP contribution in [0.1, 0.15) is 33.5 Å². The van der Waals surface area contributed by atoms with Crippen LogP contribution in [0.4, 0.5) is 10.3 Å². The lowest BCUT2D eigenvalue weighted by Gasteiger charge is -2.15. The van der Waals surface area contributed by atoms with E-state index in [9.17, 15) is 4.39 Å². The van der Waals surface area contributed by atoms with Crippen LogP contribution in [0.3, 0.4) is 0 Å². The van der Waals surface area contributed by atoms with E-state index in [0.717, 1.165) is 39.7 Å². The van der Waals surface area contributed by atoms with Gasteiger partial charge in [0, 0.05) is 39.7 Å². The molecule has 0 saturated carbocycles. The molecule has 0 fully saturated rings. The molecule has 2 aromatic heterocycles. The first-order valence-corrected chi connectivity index (χ1v) is 8.32. The predicted molar refractivity (Wildman–Crippen MR) is 101 cm³/mol. The van der Waals surface area contributed by atoms with E-state index in [1.165, 1.54) is 13.8 Å². The van der Waals surface area contributed by atoms with Crippen LogP contribution < -0.4 is 5.32 Å². The van der Waals surface area contributed by atoms with E-state index in [4.69, 9.17) is 0 Å². The van der Waals surface area contributed by atoms with E-state index in [1.807, 2.05) is 30.2 Å². The minimum Gasteiger partial charge on any atom is -0.351 e. The van der Waals surface area contributed by atoms with Crippen LogP contribution in [0.15, 0.2) is 36.7 Å². The van der Waals surface area contributed by atoms with Gasteiger partial charge in [0.2, 0.25) is 5.95 Å². The van der Waals surface area contributed by atoms with Gasteiger partial charge in [-0.2, -0.15) is 5.10 Å². The molecule has 6 heteroatoms. The number of nitrogens with zero attached hydrogens (tertiary/aromatic N) is 4. The van der Waals surface area contributed by atoms with Gasteiger partial charge in [-0.3, -0.25) is 4.68 Å². The Labute approximate surface area is 148 Å². The zero-order valence-electron chi connectivity index (χ0n) is 14.5. The third kappa shape index (κ3) is 3.12. The zero-order valence-corrected chi connectivity index (χ0v) is 14.5. The van der Waals surface area contributed by atoms with Crippen LogP contribution >= 0.6 is 0 Å². The van der Waals surface area contributed by atoms with Gasteiger partial charge < -0.3 is 5.32 Å². The molecule has 0 spiro atoms. The second-order valence-electron chi connectivity index (χ2n) is 7.02. The molecule has 0 radical (unpaired) electrons. The second kappa shape index (κ2) is 5.65. The number of allylic oxidation sites excluding steroid dienone is 1. The molecule has 3 aromatic rings. The largest absolute Gasteiger partial charge is 0.351 e. The SMILES string of the molecule is Cn1cc2cc(C3=CCc4nc(NCC(C)(C)F)ncc43)ccc2n1.[HH].[HH]. The molecule has 1 aliphatic rings. The van der Waals surface area contributed by atoms with Crippen LogP contribution in [0, 0.1) is 0 Å². The smallest absolute Gasteiger partial charge is 0.223 e. The maximum atomic E-state index is 13.6. The molecule has 0 aliphatic heterocycles. The van der Waals surface area contributed by atoms with Gasteiger partial charge in [0.1, 0.15) is 5.67 Å². The number of anilines is 1. The quantitative estimate of drug-likeness (QED) is 0.779. The van der Waals surface area contributed by atoms with Crippen molar-refractivity contribution in [2.45, 2.75) is 25.9 Å². The fraction of sp³-hybridized carbons (Fsp3) is 0.316. The maximum Gasteiger partial charge on any atom is 0.223 e. The number of rotatable bonds is 4. The minimum atomic E-state index is -1.30. The fourth-order valence-corrected chi connectivity index (χ4v) is 3.07. The van der Waals surface area contributed by atoms with Crippen molar-refractivity contribution < 1.29 is 7.24 Å². The summed E-state index contributed by atoms with van der Waals surface area (Å²) in [5.74, 6) is 0.474. The van der Waals surface area contributed by atoms with E-state index in [0.29, 0.717) is 5.95 Å². The Balaban J connectivity index is 0.00000131. The number of alkyl halides is 1. The Morgan fingerprint density at radius 3 is 3.00 bits per heavy atom. The van der Waals surface area contributed by atoms with Gasteiger partial charge in [0.15, 0.2) is 0 Å². The summed E-state index contributed by atoms with van der Waals surface area (Å²) < 4.78 is 15.4. The number of halogens is 1. The molecule has 1 aliphatic carbocycles. The first kappa shape index (κ1) is 15.7.